The third-order valence-electron chi connectivity index (χ3n) is 3.53. The third kappa shape index (κ3) is 2.63. The molecule has 0 radical (unpaired) electrons. The maximum absolute atomic E-state index is 4.82. The quantitative estimate of drug-likeness (QED) is 0.678. The molecule has 0 spiro atoms. The fourth-order valence-corrected chi connectivity index (χ4v) is 2.48. The van der Waals surface area contributed by atoms with Gasteiger partial charge in [0.2, 0.25) is 0 Å². The largest absolute Gasteiger partial charge is 0.309 e. The molecule has 20 heavy (non-hydrogen) atoms. The van der Waals surface area contributed by atoms with Crippen molar-refractivity contribution in [1.82, 2.24) is 14.9 Å². The fourth-order valence-electron chi connectivity index (χ4n) is 2.48. The highest BCUT2D eigenvalue weighted by Gasteiger charge is 2.04. The van der Waals surface area contributed by atoms with Crippen molar-refractivity contribution in [3.63, 3.8) is 0 Å². The summed E-state index contributed by atoms with van der Waals surface area (Å²) in [6.07, 6.45) is 3.98. The molecule has 3 aromatic rings. The van der Waals surface area contributed by atoms with Gasteiger partial charge in [-0.15, -0.1) is 0 Å². The van der Waals surface area contributed by atoms with Crippen LogP contribution >= 0.6 is 0 Å². The molecule has 1 aromatic carbocycles. The van der Waals surface area contributed by atoms with E-state index in [0.29, 0.717) is 0 Å². The average Bonchev–Trinajstić information content (AvgIpc) is 2.47. The van der Waals surface area contributed by atoms with E-state index in [1.807, 2.05) is 12.3 Å². The van der Waals surface area contributed by atoms with E-state index in [9.17, 15) is 0 Å². The van der Waals surface area contributed by atoms with E-state index < -0.39 is 0 Å². The Morgan fingerprint density at radius 2 is 1.70 bits per heavy atom. The van der Waals surface area contributed by atoms with Gasteiger partial charge in [0.05, 0.1) is 11.0 Å². The van der Waals surface area contributed by atoms with Crippen molar-refractivity contribution in [2.75, 3.05) is 20.6 Å². The number of fused-ring (bicyclic) bond motifs is 3. The molecule has 2 aromatic heterocycles. The van der Waals surface area contributed by atoms with E-state index in [2.05, 4.69) is 54.3 Å². The van der Waals surface area contributed by atoms with Crippen LogP contribution < -0.4 is 0 Å². The molecule has 3 heteroatoms. The van der Waals surface area contributed by atoms with E-state index in [1.54, 1.807) is 0 Å². The monoisotopic (exact) mass is 265 g/mol. The van der Waals surface area contributed by atoms with Crippen LogP contribution in [0.25, 0.3) is 21.8 Å². The molecule has 102 valence electrons. The molecule has 0 fully saturated rings. The molecule has 2 heterocycles. The third-order valence-corrected chi connectivity index (χ3v) is 3.53. The molecule has 0 saturated carbocycles. The second-order valence-electron chi connectivity index (χ2n) is 5.42. The summed E-state index contributed by atoms with van der Waals surface area (Å²) in [6.45, 7) is 1.09. The molecule has 0 bridgehead atoms. The van der Waals surface area contributed by atoms with E-state index >= 15 is 0 Å². The Kier molecular flexibility index (Phi) is 3.61. The van der Waals surface area contributed by atoms with Gasteiger partial charge in [-0.2, -0.15) is 0 Å². The lowest BCUT2D eigenvalue weighted by atomic mass is 10.1. The minimum Gasteiger partial charge on any atom is -0.309 e. The zero-order valence-corrected chi connectivity index (χ0v) is 12.0. The highest BCUT2D eigenvalue weighted by atomic mass is 15.0. The van der Waals surface area contributed by atoms with Crippen molar-refractivity contribution >= 4 is 21.8 Å². The first kappa shape index (κ1) is 13.0. The summed E-state index contributed by atoms with van der Waals surface area (Å²) in [6, 6.07) is 12.6. The molecular weight excluding hydrogens is 246 g/mol. The predicted octanol–water partition coefficient (Wildman–Crippen LogP) is 3.28. The Labute approximate surface area is 119 Å². The molecule has 3 rings (SSSR count). The van der Waals surface area contributed by atoms with Crippen LogP contribution in [0.2, 0.25) is 0 Å². The number of hydrogen-bond acceptors (Lipinski definition) is 3. The van der Waals surface area contributed by atoms with E-state index in [-0.39, 0.29) is 0 Å². The van der Waals surface area contributed by atoms with Crippen molar-refractivity contribution < 1.29 is 0 Å². The standard InChI is InChI=1S/C17H19N3/c1-20(2)12-4-6-15-10-9-14-8-7-13-5-3-11-18-16(13)17(14)19-15/h3,5,7-11H,4,6,12H2,1-2H3. The number of aromatic nitrogens is 2. The van der Waals surface area contributed by atoms with Crippen LogP contribution in [0.5, 0.6) is 0 Å². The second kappa shape index (κ2) is 5.55. The zero-order chi connectivity index (χ0) is 13.9. The summed E-state index contributed by atoms with van der Waals surface area (Å²) < 4.78 is 0. The van der Waals surface area contributed by atoms with Gasteiger partial charge in [0.1, 0.15) is 0 Å². The Bertz CT molecular complexity index is 734. The molecule has 3 nitrogen and oxygen atoms in total. The topological polar surface area (TPSA) is 29.0 Å². The maximum Gasteiger partial charge on any atom is 0.0967 e. The average molecular weight is 265 g/mol. The number of benzene rings is 1. The van der Waals surface area contributed by atoms with Gasteiger partial charge in [0.25, 0.3) is 0 Å². The molecule has 0 aliphatic heterocycles. The number of nitrogens with zero attached hydrogens (tertiary/aromatic N) is 3. The van der Waals surface area contributed by atoms with Crippen molar-refractivity contribution in [2.24, 2.45) is 0 Å². The second-order valence-corrected chi connectivity index (χ2v) is 5.42. The van der Waals surface area contributed by atoms with Gasteiger partial charge in [0.15, 0.2) is 0 Å². The lowest BCUT2D eigenvalue weighted by Gasteiger charge is -2.09. The molecular formula is C17H19N3. The van der Waals surface area contributed by atoms with Gasteiger partial charge in [-0.1, -0.05) is 24.3 Å². The summed E-state index contributed by atoms with van der Waals surface area (Å²) >= 11 is 0. The molecule has 0 aliphatic rings. The minimum atomic E-state index is 0.999. The number of rotatable bonds is 4. The van der Waals surface area contributed by atoms with Crippen LogP contribution in [-0.4, -0.2) is 35.5 Å². The lowest BCUT2D eigenvalue weighted by molar-refractivity contribution is 0.399. The fraction of sp³-hybridized carbons (Fsp3) is 0.294. The molecule has 0 aliphatic carbocycles. The smallest absolute Gasteiger partial charge is 0.0967 e. The molecule has 0 N–H and O–H groups in total. The molecule has 0 amide bonds. The van der Waals surface area contributed by atoms with Gasteiger partial charge >= 0.3 is 0 Å². The SMILES string of the molecule is CN(C)CCCc1ccc2ccc3cccnc3c2n1. The van der Waals surface area contributed by atoms with Gasteiger partial charge in [-0.05, 0) is 45.6 Å². The molecule has 0 atom stereocenters. The van der Waals surface area contributed by atoms with Crippen LogP contribution in [0.15, 0.2) is 42.6 Å². The molecule has 0 unspecified atom stereocenters. The Balaban J connectivity index is 1.98. The normalized spacial score (nSPS) is 11.6. The Hall–Kier alpha value is -2.00. The van der Waals surface area contributed by atoms with Gasteiger partial charge < -0.3 is 4.90 Å². The maximum atomic E-state index is 4.82. The Morgan fingerprint density at radius 3 is 2.50 bits per heavy atom. The predicted molar refractivity (Wildman–Crippen MR) is 83.9 cm³/mol. The zero-order valence-electron chi connectivity index (χ0n) is 12.0. The molecule has 0 saturated heterocycles. The Morgan fingerprint density at radius 1 is 0.950 bits per heavy atom. The summed E-state index contributed by atoms with van der Waals surface area (Å²) in [4.78, 5) is 11.5. The van der Waals surface area contributed by atoms with Gasteiger partial charge in [-0.25, -0.2) is 0 Å². The van der Waals surface area contributed by atoms with Crippen molar-refractivity contribution in [3.05, 3.63) is 48.3 Å². The van der Waals surface area contributed by atoms with Crippen LogP contribution in [0, 0.1) is 0 Å². The van der Waals surface area contributed by atoms with Crippen LogP contribution in [-0.2, 0) is 6.42 Å². The summed E-state index contributed by atoms with van der Waals surface area (Å²) in [5.74, 6) is 0. The lowest BCUT2D eigenvalue weighted by Crippen LogP contribution is -2.13. The number of pyridine rings is 2. The number of hydrogen-bond donors (Lipinski definition) is 0. The van der Waals surface area contributed by atoms with Crippen molar-refractivity contribution in [2.45, 2.75) is 12.8 Å². The van der Waals surface area contributed by atoms with Crippen LogP contribution in [0.1, 0.15) is 12.1 Å². The van der Waals surface area contributed by atoms with Crippen molar-refractivity contribution in [1.29, 1.82) is 0 Å². The van der Waals surface area contributed by atoms with Crippen LogP contribution in [0.3, 0.4) is 0 Å². The van der Waals surface area contributed by atoms with Crippen molar-refractivity contribution in [3.8, 4) is 0 Å². The summed E-state index contributed by atoms with van der Waals surface area (Å²) in [5.41, 5.74) is 3.17. The first-order valence-corrected chi connectivity index (χ1v) is 7.02. The van der Waals surface area contributed by atoms with E-state index in [1.165, 1.54) is 0 Å². The van der Waals surface area contributed by atoms with E-state index in [4.69, 9.17) is 4.98 Å². The van der Waals surface area contributed by atoms with Gasteiger partial charge in [-0.3, -0.25) is 9.97 Å². The van der Waals surface area contributed by atoms with Gasteiger partial charge in [0, 0.05) is 22.7 Å². The van der Waals surface area contributed by atoms with Crippen LogP contribution in [0.4, 0.5) is 0 Å². The van der Waals surface area contributed by atoms with E-state index in [0.717, 1.165) is 46.9 Å². The summed E-state index contributed by atoms with van der Waals surface area (Å²) in [5, 5.41) is 2.31. The highest BCUT2D eigenvalue weighted by Crippen LogP contribution is 2.22. The summed E-state index contributed by atoms with van der Waals surface area (Å²) in [7, 11) is 4.20. The minimum absolute atomic E-state index is 0.999. The number of aryl methyl sites for hydroxylation is 1. The first-order valence-electron chi connectivity index (χ1n) is 7.02. The highest BCUT2D eigenvalue weighted by molar-refractivity contribution is 6.02. The first-order chi connectivity index (χ1) is 9.74.